The van der Waals surface area contributed by atoms with Gasteiger partial charge in [-0.05, 0) is 24.0 Å². The Balaban J connectivity index is 2.06. The van der Waals surface area contributed by atoms with E-state index in [1.165, 1.54) is 11.1 Å². The molecule has 2 aromatic carbocycles. The van der Waals surface area contributed by atoms with E-state index in [1.54, 1.807) is 0 Å². The number of aliphatic hydroxyl groups is 2. The summed E-state index contributed by atoms with van der Waals surface area (Å²) in [6.45, 7) is 0. The SMILES string of the molecule is OC1(O)CCC(c2ccccc2)(c2ccccc2)CC1. The highest BCUT2D eigenvalue weighted by atomic mass is 16.5. The van der Waals surface area contributed by atoms with E-state index in [0.29, 0.717) is 12.8 Å². The molecule has 0 amide bonds. The quantitative estimate of drug-likeness (QED) is 0.821. The van der Waals surface area contributed by atoms with Crippen LogP contribution in [0.5, 0.6) is 0 Å². The van der Waals surface area contributed by atoms with E-state index in [-0.39, 0.29) is 5.41 Å². The minimum absolute atomic E-state index is 0.0997. The molecular formula is C18H20O2. The minimum atomic E-state index is -1.51. The Hall–Kier alpha value is -1.64. The summed E-state index contributed by atoms with van der Waals surface area (Å²) in [5.74, 6) is -1.51. The minimum Gasteiger partial charge on any atom is -0.366 e. The molecule has 0 radical (unpaired) electrons. The van der Waals surface area contributed by atoms with Crippen LogP contribution in [0, 0.1) is 0 Å². The van der Waals surface area contributed by atoms with Crippen molar-refractivity contribution in [3.63, 3.8) is 0 Å². The van der Waals surface area contributed by atoms with Crippen molar-refractivity contribution < 1.29 is 10.2 Å². The summed E-state index contributed by atoms with van der Waals surface area (Å²) >= 11 is 0. The molecule has 20 heavy (non-hydrogen) atoms. The number of rotatable bonds is 2. The lowest BCUT2D eigenvalue weighted by atomic mass is 9.64. The van der Waals surface area contributed by atoms with Crippen LogP contribution in [0.25, 0.3) is 0 Å². The summed E-state index contributed by atoms with van der Waals surface area (Å²) in [5, 5.41) is 19.7. The molecular weight excluding hydrogens is 248 g/mol. The Morgan fingerprint density at radius 2 is 1.00 bits per heavy atom. The molecule has 0 bridgehead atoms. The Bertz CT molecular complexity index is 509. The zero-order chi connectivity index (χ0) is 14.1. The third-order valence-corrected chi connectivity index (χ3v) is 4.56. The van der Waals surface area contributed by atoms with Crippen molar-refractivity contribution in [1.29, 1.82) is 0 Å². The molecule has 0 aromatic heterocycles. The van der Waals surface area contributed by atoms with E-state index in [1.807, 2.05) is 12.1 Å². The van der Waals surface area contributed by atoms with E-state index in [2.05, 4.69) is 48.5 Å². The largest absolute Gasteiger partial charge is 0.366 e. The van der Waals surface area contributed by atoms with Crippen LogP contribution in [0.15, 0.2) is 60.7 Å². The molecule has 0 saturated heterocycles. The maximum atomic E-state index is 9.86. The average Bonchev–Trinajstić information content (AvgIpc) is 2.50. The zero-order valence-electron chi connectivity index (χ0n) is 11.5. The lowest BCUT2D eigenvalue weighted by Crippen LogP contribution is -2.41. The van der Waals surface area contributed by atoms with Crippen LogP contribution in [-0.4, -0.2) is 16.0 Å². The molecule has 2 N–H and O–H groups in total. The Labute approximate surface area is 119 Å². The molecule has 3 rings (SSSR count). The van der Waals surface area contributed by atoms with Crippen LogP contribution in [0.2, 0.25) is 0 Å². The van der Waals surface area contributed by atoms with Crippen LogP contribution in [0.3, 0.4) is 0 Å². The van der Waals surface area contributed by atoms with Gasteiger partial charge in [0.2, 0.25) is 0 Å². The van der Waals surface area contributed by atoms with Gasteiger partial charge in [0.05, 0.1) is 0 Å². The first-order chi connectivity index (χ1) is 9.62. The fourth-order valence-electron chi connectivity index (χ4n) is 3.34. The van der Waals surface area contributed by atoms with E-state index in [9.17, 15) is 10.2 Å². The van der Waals surface area contributed by atoms with E-state index >= 15 is 0 Å². The van der Waals surface area contributed by atoms with Gasteiger partial charge in [0, 0.05) is 18.3 Å². The number of hydrogen-bond acceptors (Lipinski definition) is 2. The third-order valence-electron chi connectivity index (χ3n) is 4.56. The van der Waals surface area contributed by atoms with E-state index < -0.39 is 5.79 Å². The van der Waals surface area contributed by atoms with Crippen molar-refractivity contribution in [3.05, 3.63) is 71.8 Å². The van der Waals surface area contributed by atoms with Crippen molar-refractivity contribution in [1.82, 2.24) is 0 Å². The predicted molar refractivity (Wildman–Crippen MR) is 79.3 cm³/mol. The second kappa shape index (κ2) is 5.04. The van der Waals surface area contributed by atoms with Gasteiger partial charge >= 0.3 is 0 Å². The van der Waals surface area contributed by atoms with Crippen molar-refractivity contribution in [2.75, 3.05) is 0 Å². The lowest BCUT2D eigenvalue weighted by Gasteiger charge is -2.43. The molecule has 1 fully saturated rings. The monoisotopic (exact) mass is 268 g/mol. The fourth-order valence-corrected chi connectivity index (χ4v) is 3.34. The van der Waals surface area contributed by atoms with Crippen molar-refractivity contribution >= 4 is 0 Å². The molecule has 0 spiro atoms. The highest BCUT2D eigenvalue weighted by Crippen LogP contribution is 2.46. The van der Waals surface area contributed by atoms with Crippen LogP contribution >= 0.6 is 0 Å². The lowest BCUT2D eigenvalue weighted by molar-refractivity contribution is -0.186. The van der Waals surface area contributed by atoms with E-state index in [0.717, 1.165) is 12.8 Å². The Kier molecular flexibility index (Phi) is 3.36. The summed E-state index contributed by atoms with van der Waals surface area (Å²) < 4.78 is 0. The second-order valence-electron chi connectivity index (χ2n) is 5.80. The summed E-state index contributed by atoms with van der Waals surface area (Å²) in [6.07, 6.45) is 2.34. The molecule has 0 unspecified atom stereocenters. The number of benzene rings is 2. The van der Waals surface area contributed by atoms with Crippen molar-refractivity contribution in [3.8, 4) is 0 Å². The first-order valence-electron chi connectivity index (χ1n) is 7.18. The molecule has 0 atom stereocenters. The highest BCUT2D eigenvalue weighted by Gasteiger charge is 2.42. The smallest absolute Gasteiger partial charge is 0.162 e. The van der Waals surface area contributed by atoms with Gasteiger partial charge in [0.25, 0.3) is 0 Å². The summed E-state index contributed by atoms with van der Waals surface area (Å²) in [4.78, 5) is 0. The van der Waals surface area contributed by atoms with Gasteiger partial charge in [-0.1, -0.05) is 60.7 Å². The van der Waals surface area contributed by atoms with Crippen LogP contribution in [0.1, 0.15) is 36.8 Å². The molecule has 2 aromatic rings. The van der Waals surface area contributed by atoms with E-state index in [4.69, 9.17) is 0 Å². The van der Waals surface area contributed by atoms with Crippen molar-refractivity contribution in [2.24, 2.45) is 0 Å². The Morgan fingerprint density at radius 1 is 0.600 bits per heavy atom. The molecule has 0 aliphatic heterocycles. The van der Waals surface area contributed by atoms with Gasteiger partial charge in [-0.2, -0.15) is 0 Å². The highest BCUT2D eigenvalue weighted by molar-refractivity contribution is 5.40. The van der Waals surface area contributed by atoms with Crippen LogP contribution in [0.4, 0.5) is 0 Å². The van der Waals surface area contributed by atoms with Gasteiger partial charge in [0.15, 0.2) is 5.79 Å². The van der Waals surface area contributed by atoms with Gasteiger partial charge in [-0.15, -0.1) is 0 Å². The topological polar surface area (TPSA) is 40.5 Å². The predicted octanol–water partition coefficient (Wildman–Crippen LogP) is 3.23. The van der Waals surface area contributed by atoms with Gasteiger partial charge in [-0.25, -0.2) is 0 Å². The molecule has 1 aliphatic rings. The number of hydrogen-bond donors (Lipinski definition) is 2. The summed E-state index contributed by atoms with van der Waals surface area (Å²) in [7, 11) is 0. The van der Waals surface area contributed by atoms with Gasteiger partial charge in [0.1, 0.15) is 0 Å². The molecule has 1 aliphatic carbocycles. The molecule has 2 heteroatoms. The maximum absolute atomic E-state index is 9.86. The first-order valence-corrected chi connectivity index (χ1v) is 7.18. The summed E-state index contributed by atoms with van der Waals surface area (Å²) in [5.41, 5.74) is 2.43. The van der Waals surface area contributed by atoms with Crippen LogP contribution in [-0.2, 0) is 5.41 Å². The standard InChI is InChI=1S/C18H20O2/c19-18(20)13-11-17(12-14-18,15-7-3-1-4-8-15)16-9-5-2-6-10-16/h1-10,19-20H,11-14H2. The first kappa shape index (κ1) is 13.3. The third kappa shape index (κ3) is 2.37. The zero-order valence-corrected chi connectivity index (χ0v) is 11.5. The van der Waals surface area contributed by atoms with Crippen LogP contribution < -0.4 is 0 Å². The van der Waals surface area contributed by atoms with Crippen molar-refractivity contribution in [2.45, 2.75) is 36.9 Å². The molecule has 2 nitrogen and oxygen atoms in total. The van der Waals surface area contributed by atoms with Gasteiger partial charge < -0.3 is 10.2 Å². The normalized spacial score (nSPS) is 20.5. The van der Waals surface area contributed by atoms with Gasteiger partial charge in [-0.3, -0.25) is 0 Å². The second-order valence-corrected chi connectivity index (χ2v) is 5.80. The fraction of sp³-hybridized carbons (Fsp3) is 0.333. The Morgan fingerprint density at radius 3 is 1.40 bits per heavy atom. The molecule has 104 valence electrons. The maximum Gasteiger partial charge on any atom is 0.162 e. The molecule has 0 heterocycles. The summed E-state index contributed by atoms with van der Waals surface area (Å²) in [6, 6.07) is 20.9. The average molecular weight is 268 g/mol. The molecule has 1 saturated carbocycles.